The quantitative estimate of drug-likeness (QED) is 0.777. The molecule has 20 heavy (non-hydrogen) atoms. The molecule has 0 saturated carbocycles. The predicted molar refractivity (Wildman–Crippen MR) is 77.7 cm³/mol. The van der Waals surface area contributed by atoms with Crippen molar-refractivity contribution in [1.82, 2.24) is 19.6 Å². The molecule has 0 amide bonds. The van der Waals surface area contributed by atoms with Gasteiger partial charge in [-0.15, -0.1) is 0 Å². The van der Waals surface area contributed by atoms with Crippen LogP contribution in [0.25, 0.3) is 0 Å². The highest BCUT2D eigenvalue weighted by Crippen LogP contribution is 2.06. The lowest BCUT2D eigenvalue weighted by atomic mass is 10.3. The Morgan fingerprint density at radius 3 is 2.80 bits per heavy atom. The van der Waals surface area contributed by atoms with Crippen molar-refractivity contribution in [2.24, 2.45) is 12.8 Å². The molecule has 2 heterocycles. The Bertz CT molecular complexity index is 617. The third kappa shape index (κ3) is 3.24. The number of hydrogen-bond acceptors (Lipinski definition) is 5. The fraction of sp³-hybridized carbons (Fsp3) is 0.462. The van der Waals surface area contributed by atoms with Crippen molar-refractivity contribution in [2.45, 2.75) is 13.0 Å². The Kier molecular flexibility index (Phi) is 4.52. The van der Waals surface area contributed by atoms with Gasteiger partial charge >= 0.3 is 0 Å². The zero-order chi connectivity index (χ0) is 14.5. The molecule has 0 unspecified atom stereocenters. The van der Waals surface area contributed by atoms with Crippen molar-refractivity contribution >= 4 is 5.69 Å². The first-order valence-corrected chi connectivity index (χ1v) is 6.57. The van der Waals surface area contributed by atoms with E-state index in [9.17, 15) is 4.79 Å². The summed E-state index contributed by atoms with van der Waals surface area (Å²) in [6.07, 6.45) is 4.16. The number of nitrogens with two attached hydrogens (primary N) is 1. The molecule has 0 radical (unpaired) electrons. The maximum absolute atomic E-state index is 12.0. The van der Waals surface area contributed by atoms with Crippen molar-refractivity contribution in [1.29, 1.82) is 0 Å². The summed E-state index contributed by atoms with van der Waals surface area (Å²) >= 11 is 0. The number of nitrogens with zero attached hydrogens (tertiary/aromatic N) is 5. The maximum atomic E-state index is 12.0. The predicted octanol–water partition coefficient (Wildman–Crippen LogP) is -0.386. The Balaban J connectivity index is 2.06. The average molecular weight is 276 g/mol. The van der Waals surface area contributed by atoms with Crippen LogP contribution in [0.2, 0.25) is 0 Å². The van der Waals surface area contributed by atoms with Crippen molar-refractivity contribution in [3.8, 4) is 0 Å². The molecule has 7 nitrogen and oxygen atoms in total. The summed E-state index contributed by atoms with van der Waals surface area (Å²) in [6.45, 7) is 1.78. The highest BCUT2D eigenvalue weighted by atomic mass is 16.1. The Morgan fingerprint density at radius 1 is 1.40 bits per heavy atom. The molecule has 0 saturated heterocycles. The third-order valence-electron chi connectivity index (χ3n) is 3.26. The largest absolute Gasteiger partial charge is 0.372 e. The molecule has 0 aliphatic rings. The van der Waals surface area contributed by atoms with E-state index >= 15 is 0 Å². The molecule has 2 N–H and O–H groups in total. The zero-order valence-electron chi connectivity index (χ0n) is 11.9. The van der Waals surface area contributed by atoms with Crippen molar-refractivity contribution in [3.05, 3.63) is 40.6 Å². The molecule has 0 atom stereocenters. The molecule has 0 fully saturated rings. The second-order valence-corrected chi connectivity index (χ2v) is 4.68. The van der Waals surface area contributed by atoms with Crippen LogP contribution in [0.3, 0.4) is 0 Å². The summed E-state index contributed by atoms with van der Waals surface area (Å²) in [5.74, 6) is 0. The SMILES string of the molecule is CN(CCN)c1cnn(CCc2ccnn2C)c(=O)c1. The van der Waals surface area contributed by atoms with Gasteiger partial charge in [-0.1, -0.05) is 0 Å². The maximum Gasteiger partial charge on any atom is 0.268 e. The number of anilines is 1. The van der Waals surface area contributed by atoms with Crippen LogP contribution >= 0.6 is 0 Å². The molecule has 2 rings (SSSR count). The summed E-state index contributed by atoms with van der Waals surface area (Å²) in [7, 11) is 3.78. The van der Waals surface area contributed by atoms with E-state index in [0.717, 1.165) is 17.8 Å². The summed E-state index contributed by atoms with van der Waals surface area (Å²) in [5.41, 5.74) is 7.26. The number of aromatic nitrogens is 4. The first-order chi connectivity index (χ1) is 9.61. The van der Waals surface area contributed by atoms with E-state index in [-0.39, 0.29) is 5.56 Å². The fourth-order valence-corrected chi connectivity index (χ4v) is 1.99. The highest BCUT2D eigenvalue weighted by molar-refractivity contribution is 5.41. The smallest absolute Gasteiger partial charge is 0.268 e. The van der Waals surface area contributed by atoms with Gasteiger partial charge in [-0.25, -0.2) is 4.68 Å². The van der Waals surface area contributed by atoms with Gasteiger partial charge in [0.05, 0.1) is 18.4 Å². The average Bonchev–Trinajstić information content (AvgIpc) is 2.83. The van der Waals surface area contributed by atoms with Crippen LogP contribution in [0.15, 0.2) is 29.3 Å². The van der Waals surface area contributed by atoms with Gasteiger partial charge in [0.1, 0.15) is 0 Å². The van der Waals surface area contributed by atoms with Gasteiger partial charge < -0.3 is 10.6 Å². The Hall–Kier alpha value is -2.15. The molecule has 7 heteroatoms. The van der Waals surface area contributed by atoms with E-state index in [1.807, 2.05) is 25.1 Å². The molecule has 108 valence electrons. The van der Waals surface area contributed by atoms with Crippen molar-refractivity contribution < 1.29 is 0 Å². The summed E-state index contributed by atoms with van der Waals surface area (Å²) in [6, 6.07) is 3.53. The van der Waals surface area contributed by atoms with Crippen LogP contribution in [0, 0.1) is 0 Å². The lowest BCUT2D eigenvalue weighted by Gasteiger charge is -2.17. The minimum absolute atomic E-state index is 0.103. The number of rotatable bonds is 6. The molecule has 0 bridgehead atoms. The molecular formula is C13H20N6O. The minimum atomic E-state index is -0.103. The molecule has 0 aromatic carbocycles. The van der Waals surface area contributed by atoms with Gasteiger partial charge in [0, 0.05) is 51.6 Å². The van der Waals surface area contributed by atoms with E-state index < -0.39 is 0 Å². The van der Waals surface area contributed by atoms with Crippen LogP contribution in [0.1, 0.15) is 5.69 Å². The molecule has 2 aromatic heterocycles. The van der Waals surface area contributed by atoms with E-state index in [1.54, 1.807) is 23.1 Å². The van der Waals surface area contributed by atoms with E-state index in [4.69, 9.17) is 5.73 Å². The second-order valence-electron chi connectivity index (χ2n) is 4.68. The standard InChI is InChI=1S/C13H20N6O/c1-17(8-5-14)12-9-13(20)19(16-10-12)7-4-11-3-6-15-18(11)2/h3,6,9-10H,4-5,7-8,14H2,1-2H3. The Labute approximate surface area is 117 Å². The van der Waals surface area contributed by atoms with Crippen LogP contribution in [-0.2, 0) is 20.0 Å². The summed E-state index contributed by atoms with van der Waals surface area (Å²) in [5, 5.41) is 8.30. The van der Waals surface area contributed by atoms with Crippen LogP contribution < -0.4 is 16.2 Å². The van der Waals surface area contributed by atoms with Gasteiger partial charge in [-0.2, -0.15) is 10.2 Å². The van der Waals surface area contributed by atoms with Gasteiger partial charge in [0.15, 0.2) is 0 Å². The van der Waals surface area contributed by atoms with E-state index in [0.29, 0.717) is 19.6 Å². The van der Waals surface area contributed by atoms with Gasteiger partial charge in [0.25, 0.3) is 5.56 Å². The highest BCUT2D eigenvalue weighted by Gasteiger charge is 2.05. The molecule has 0 aliphatic carbocycles. The number of aryl methyl sites for hydroxylation is 3. The van der Waals surface area contributed by atoms with E-state index in [2.05, 4.69) is 10.2 Å². The Morgan fingerprint density at radius 2 is 2.20 bits per heavy atom. The first-order valence-electron chi connectivity index (χ1n) is 6.57. The fourth-order valence-electron chi connectivity index (χ4n) is 1.99. The first kappa shape index (κ1) is 14.3. The molecule has 0 aliphatic heterocycles. The molecule has 2 aromatic rings. The number of likely N-dealkylation sites (N-methyl/N-ethyl adjacent to an activating group) is 1. The lowest BCUT2D eigenvalue weighted by Crippen LogP contribution is -2.29. The summed E-state index contributed by atoms with van der Waals surface area (Å²) in [4.78, 5) is 13.9. The lowest BCUT2D eigenvalue weighted by molar-refractivity contribution is 0.557. The van der Waals surface area contributed by atoms with Crippen molar-refractivity contribution in [2.75, 3.05) is 25.0 Å². The normalized spacial score (nSPS) is 10.8. The van der Waals surface area contributed by atoms with E-state index in [1.165, 1.54) is 4.68 Å². The monoisotopic (exact) mass is 276 g/mol. The van der Waals surface area contributed by atoms with Gasteiger partial charge in [-0.05, 0) is 6.07 Å². The van der Waals surface area contributed by atoms with Gasteiger partial charge in [0.2, 0.25) is 0 Å². The second kappa shape index (κ2) is 6.33. The van der Waals surface area contributed by atoms with Gasteiger partial charge in [-0.3, -0.25) is 9.48 Å². The minimum Gasteiger partial charge on any atom is -0.372 e. The summed E-state index contributed by atoms with van der Waals surface area (Å²) < 4.78 is 3.27. The topological polar surface area (TPSA) is 82.0 Å². The third-order valence-corrected chi connectivity index (χ3v) is 3.26. The van der Waals surface area contributed by atoms with Crippen LogP contribution in [-0.4, -0.2) is 39.7 Å². The van der Waals surface area contributed by atoms with Crippen LogP contribution in [0.5, 0.6) is 0 Å². The molecular weight excluding hydrogens is 256 g/mol. The van der Waals surface area contributed by atoms with Crippen molar-refractivity contribution in [3.63, 3.8) is 0 Å². The number of hydrogen-bond donors (Lipinski definition) is 1. The van der Waals surface area contributed by atoms with Crippen LogP contribution in [0.4, 0.5) is 5.69 Å². The zero-order valence-corrected chi connectivity index (χ0v) is 11.9. The molecule has 0 spiro atoms.